The Kier molecular flexibility index (Phi) is 8.66. The number of anilines is 1. The van der Waals surface area contributed by atoms with Crippen LogP contribution in [0.2, 0.25) is 5.02 Å². The molecule has 31 heavy (non-hydrogen) atoms. The number of aliphatic hydroxyl groups is 1. The van der Waals surface area contributed by atoms with Gasteiger partial charge in [0, 0.05) is 41.3 Å². The number of hydrogen-bond donors (Lipinski definition) is 6. The van der Waals surface area contributed by atoms with E-state index in [1.807, 2.05) is 19.1 Å². The zero-order chi connectivity index (χ0) is 23.4. The van der Waals surface area contributed by atoms with E-state index < -0.39 is 26.7 Å². The lowest BCUT2D eigenvalue weighted by Crippen LogP contribution is -2.34. The van der Waals surface area contributed by atoms with Crippen LogP contribution in [0.3, 0.4) is 0 Å². The molecule has 0 spiro atoms. The maximum absolute atomic E-state index is 11.4. The van der Waals surface area contributed by atoms with Crippen LogP contribution in [0.15, 0.2) is 30.5 Å². The number of benzene rings is 1. The van der Waals surface area contributed by atoms with E-state index in [2.05, 4.69) is 10.3 Å². The average molecular weight is 496 g/mol. The van der Waals surface area contributed by atoms with E-state index >= 15 is 0 Å². The van der Waals surface area contributed by atoms with Gasteiger partial charge in [0.2, 0.25) is 0 Å². The van der Waals surface area contributed by atoms with Crippen molar-refractivity contribution in [3.05, 3.63) is 35.5 Å². The highest BCUT2D eigenvalue weighted by Crippen LogP contribution is 2.68. The standard InChI is InChI=1S/C18H28ClN3O7P2/c1-13(21-16-7-9-20-17-12-14(19)5-6-15(16)17)4-3-10-22(2)11-8-18(23,30(24,25)26)31(27,28)29/h5-7,9,12-13,23H,3-4,8,10-11H2,1-2H3,(H,20,21)(H2,24,25,26)(H2,27,28,29). The lowest BCUT2D eigenvalue weighted by atomic mass is 10.1. The van der Waals surface area contributed by atoms with Gasteiger partial charge in [-0.05, 0) is 57.6 Å². The minimum absolute atomic E-state index is 0.0930. The molecule has 0 fully saturated rings. The number of aromatic nitrogens is 1. The van der Waals surface area contributed by atoms with Crippen LogP contribution in [0.5, 0.6) is 0 Å². The molecule has 0 saturated heterocycles. The maximum Gasteiger partial charge on any atom is 0.369 e. The molecule has 0 amide bonds. The van der Waals surface area contributed by atoms with Crippen LogP contribution >= 0.6 is 26.8 Å². The molecule has 2 aromatic rings. The summed E-state index contributed by atoms with van der Waals surface area (Å²) < 4.78 is 22.8. The van der Waals surface area contributed by atoms with Crippen LogP contribution in [0.4, 0.5) is 5.69 Å². The zero-order valence-corrected chi connectivity index (χ0v) is 19.8. The first-order chi connectivity index (χ1) is 14.2. The topological polar surface area (TPSA) is 163 Å². The Balaban J connectivity index is 1.87. The van der Waals surface area contributed by atoms with Gasteiger partial charge in [-0.1, -0.05) is 11.6 Å². The molecule has 6 N–H and O–H groups in total. The molecule has 1 heterocycles. The average Bonchev–Trinajstić information content (AvgIpc) is 2.64. The first-order valence-corrected chi connectivity index (χ1v) is 13.2. The molecule has 10 nitrogen and oxygen atoms in total. The van der Waals surface area contributed by atoms with Gasteiger partial charge in [-0.3, -0.25) is 14.1 Å². The van der Waals surface area contributed by atoms with Gasteiger partial charge in [0.1, 0.15) is 0 Å². The molecule has 1 aromatic carbocycles. The normalized spacial score (nSPS) is 14.2. The second kappa shape index (κ2) is 10.3. The summed E-state index contributed by atoms with van der Waals surface area (Å²) in [7, 11) is -9.20. The Morgan fingerprint density at radius 2 is 1.81 bits per heavy atom. The van der Waals surface area contributed by atoms with E-state index in [-0.39, 0.29) is 12.6 Å². The lowest BCUT2D eigenvalue weighted by Gasteiger charge is -2.30. The predicted octanol–water partition coefficient (Wildman–Crippen LogP) is 2.79. The molecule has 2 rings (SSSR count). The highest BCUT2D eigenvalue weighted by molar-refractivity contribution is 7.72. The zero-order valence-electron chi connectivity index (χ0n) is 17.2. The van der Waals surface area contributed by atoms with E-state index in [4.69, 9.17) is 11.6 Å². The molecule has 0 aliphatic rings. The molecule has 1 unspecified atom stereocenters. The van der Waals surface area contributed by atoms with Crippen LogP contribution in [0, 0.1) is 0 Å². The minimum Gasteiger partial charge on any atom is -0.382 e. The molecule has 0 aliphatic carbocycles. The summed E-state index contributed by atoms with van der Waals surface area (Å²) in [6.07, 6.45) is 2.43. The third-order valence-electron chi connectivity index (χ3n) is 5.05. The molecule has 1 atom stereocenters. The summed E-state index contributed by atoms with van der Waals surface area (Å²) >= 11 is 6.01. The van der Waals surface area contributed by atoms with Crippen molar-refractivity contribution in [2.75, 3.05) is 25.5 Å². The molecule has 0 aliphatic heterocycles. The van der Waals surface area contributed by atoms with Crippen molar-refractivity contribution in [1.82, 2.24) is 9.88 Å². The van der Waals surface area contributed by atoms with Crippen LogP contribution in [0.25, 0.3) is 10.9 Å². The van der Waals surface area contributed by atoms with E-state index in [0.717, 1.165) is 23.0 Å². The summed E-state index contributed by atoms with van der Waals surface area (Å²) in [5.41, 5.74) is 1.71. The van der Waals surface area contributed by atoms with Crippen LogP contribution < -0.4 is 5.32 Å². The number of pyridine rings is 1. The molecular formula is C18H28ClN3O7P2. The second-order valence-electron chi connectivity index (χ2n) is 7.62. The van der Waals surface area contributed by atoms with Crippen LogP contribution in [-0.4, -0.2) is 65.8 Å². The van der Waals surface area contributed by atoms with Crippen LogP contribution in [-0.2, 0) is 9.13 Å². The molecule has 174 valence electrons. The third kappa shape index (κ3) is 6.71. The Morgan fingerprint density at radius 1 is 1.16 bits per heavy atom. The van der Waals surface area contributed by atoms with Gasteiger partial charge in [-0.2, -0.15) is 0 Å². The van der Waals surface area contributed by atoms with Gasteiger partial charge in [0.05, 0.1) is 5.52 Å². The smallest absolute Gasteiger partial charge is 0.369 e. The number of nitrogens with zero attached hydrogens (tertiary/aromatic N) is 2. The SMILES string of the molecule is CC(CCCN(C)CCC(O)(P(=O)(O)O)P(=O)(O)O)Nc1ccnc2cc(Cl)ccc12. The molecule has 1 aromatic heterocycles. The minimum atomic E-state index is -5.43. The van der Waals surface area contributed by atoms with Gasteiger partial charge >= 0.3 is 15.2 Å². The predicted molar refractivity (Wildman–Crippen MR) is 120 cm³/mol. The van der Waals surface area contributed by atoms with Gasteiger partial charge < -0.3 is 34.9 Å². The Bertz CT molecular complexity index is 975. The number of nitrogens with one attached hydrogen (secondary N) is 1. The van der Waals surface area contributed by atoms with Crippen molar-refractivity contribution in [3.63, 3.8) is 0 Å². The Morgan fingerprint density at radius 3 is 2.42 bits per heavy atom. The van der Waals surface area contributed by atoms with Crippen molar-refractivity contribution in [3.8, 4) is 0 Å². The lowest BCUT2D eigenvalue weighted by molar-refractivity contribution is 0.112. The molecule has 0 radical (unpaired) electrons. The third-order valence-corrected chi connectivity index (χ3v) is 9.16. The van der Waals surface area contributed by atoms with Crippen molar-refractivity contribution >= 4 is 43.4 Å². The van der Waals surface area contributed by atoms with Gasteiger partial charge in [-0.15, -0.1) is 0 Å². The van der Waals surface area contributed by atoms with E-state index in [9.17, 15) is 33.8 Å². The van der Waals surface area contributed by atoms with Crippen molar-refractivity contribution in [2.45, 2.75) is 37.3 Å². The first-order valence-electron chi connectivity index (χ1n) is 9.57. The summed E-state index contributed by atoms with van der Waals surface area (Å²) in [6, 6.07) is 7.47. The summed E-state index contributed by atoms with van der Waals surface area (Å²) in [5.74, 6) is 0. The van der Waals surface area contributed by atoms with Crippen molar-refractivity contribution < 1.29 is 33.8 Å². The molecule has 0 bridgehead atoms. The summed E-state index contributed by atoms with van der Waals surface area (Å²) in [5, 5.41) is 11.5. The fraction of sp³-hybridized carbons (Fsp3) is 0.500. The number of halogens is 1. The number of hydrogen-bond acceptors (Lipinski definition) is 6. The molecular weight excluding hydrogens is 468 g/mol. The highest BCUT2D eigenvalue weighted by Gasteiger charge is 2.58. The van der Waals surface area contributed by atoms with Crippen molar-refractivity contribution in [2.24, 2.45) is 0 Å². The summed E-state index contributed by atoms with van der Waals surface area (Å²) in [6.45, 7) is 2.43. The number of rotatable bonds is 11. The maximum atomic E-state index is 11.4. The Hall–Kier alpha value is -1.06. The second-order valence-corrected chi connectivity index (χ2v) is 12.1. The van der Waals surface area contributed by atoms with E-state index in [1.165, 1.54) is 0 Å². The monoisotopic (exact) mass is 495 g/mol. The number of fused-ring (bicyclic) bond motifs is 1. The summed E-state index contributed by atoms with van der Waals surface area (Å²) in [4.78, 5) is 42.7. The van der Waals surface area contributed by atoms with Gasteiger partial charge in [-0.25, -0.2) is 0 Å². The Labute approximate surface area is 185 Å². The largest absolute Gasteiger partial charge is 0.382 e. The van der Waals surface area contributed by atoms with Crippen LogP contribution in [0.1, 0.15) is 26.2 Å². The van der Waals surface area contributed by atoms with E-state index in [1.54, 1.807) is 30.3 Å². The van der Waals surface area contributed by atoms with Gasteiger partial charge in [0.15, 0.2) is 0 Å². The van der Waals surface area contributed by atoms with E-state index in [0.29, 0.717) is 18.0 Å². The quantitative estimate of drug-likeness (QED) is 0.255. The first kappa shape index (κ1) is 26.2. The van der Waals surface area contributed by atoms with Crippen molar-refractivity contribution in [1.29, 1.82) is 0 Å². The molecule has 0 saturated carbocycles. The fourth-order valence-corrected chi connectivity index (χ4v) is 5.47. The van der Waals surface area contributed by atoms with Gasteiger partial charge in [0.25, 0.3) is 5.08 Å². The highest BCUT2D eigenvalue weighted by atomic mass is 35.5. The molecule has 13 heteroatoms. The fourth-order valence-electron chi connectivity index (χ4n) is 3.17.